The van der Waals surface area contributed by atoms with E-state index in [1.807, 2.05) is 19.1 Å². The number of thiophene rings is 1. The van der Waals surface area contributed by atoms with Crippen molar-refractivity contribution in [2.75, 3.05) is 0 Å². The number of rotatable bonds is 1. The maximum Gasteiger partial charge on any atom is 0.345 e. The van der Waals surface area contributed by atoms with E-state index < -0.39 is 11.6 Å². The van der Waals surface area contributed by atoms with Gasteiger partial charge in [-0.1, -0.05) is 11.6 Å². The number of hydrogen-bond acceptors (Lipinski definition) is 4. The highest BCUT2D eigenvalue weighted by molar-refractivity contribution is 7.21. The molecule has 1 aromatic carbocycles. The Morgan fingerprint density at radius 1 is 1.28 bits per heavy atom. The molecule has 18 heavy (non-hydrogen) atoms. The van der Waals surface area contributed by atoms with Gasteiger partial charge in [-0.3, -0.25) is 0 Å². The molecule has 0 saturated heterocycles. The summed E-state index contributed by atoms with van der Waals surface area (Å²) < 4.78 is 5.85. The van der Waals surface area contributed by atoms with Gasteiger partial charge < -0.3 is 9.52 Å². The summed E-state index contributed by atoms with van der Waals surface area (Å²) in [5, 5.41) is 10.1. The predicted molar refractivity (Wildman–Crippen MR) is 69.6 cm³/mol. The zero-order valence-electron chi connectivity index (χ0n) is 9.39. The fraction of sp³-hybridized carbons (Fsp3) is 0.0769. The van der Waals surface area contributed by atoms with Crippen LogP contribution in [0.2, 0.25) is 0 Å². The SMILES string of the molecule is Cc1ccc2oc(=O)c3cc(C(=O)O)sc3c2c1. The zero-order valence-corrected chi connectivity index (χ0v) is 10.2. The van der Waals surface area contributed by atoms with Crippen LogP contribution in [0.3, 0.4) is 0 Å². The van der Waals surface area contributed by atoms with Crippen LogP contribution in [0.15, 0.2) is 33.5 Å². The average Bonchev–Trinajstić information content (AvgIpc) is 2.76. The van der Waals surface area contributed by atoms with E-state index in [0.717, 1.165) is 22.3 Å². The van der Waals surface area contributed by atoms with Crippen molar-refractivity contribution < 1.29 is 14.3 Å². The van der Waals surface area contributed by atoms with Crippen LogP contribution < -0.4 is 5.63 Å². The minimum absolute atomic E-state index is 0.145. The molecule has 0 radical (unpaired) electrons. The molecule has 0 amide bonds. The van der Waals surface area contributed by atoms with Crippen LogP contribution in [0.1, 0.15) is 15.2 Å². The lowest BCUT2D eigenvalue weighted by Gasteiger charge is -1.99. The first-order valence-electron chi connectivity index (χ1n) is 5.26. The molecule has 4 nitrogen and oxygen atoms in total. The molecule has 0 aliphatic carbocycles. The van der Waals surface area contributed by atoms with Crippen LogP contribution in [0.5, 0.6) is 0 Å². The Kier molecular flexibility index (Phi) is 2.24. The monoisotopic (exact) mass is 260 g/mol. The fourth-order valence-corrected chi connectivity index (χ4v) is 2.92. The molecule has 90 valence electrons. The Balaban J connectivity index is 2.55. The predicted octanol–water partition coefficient (Wildman–Crippen LogP) is 3.01. The summed E-state index contributed by atoms with van der Waals surface area (Å²) in [7, 11) is 0. The molecule has 0 saturated carbocycles. The summed E-state index contributed by atoms with van der Waals surface area (Å²) in [5.41, 5.74) is 1.02. The largest absolute Gasteiger partial charge is 0.477 e. The van der Waals surface area contributed by atoms with Crippen molar-refractivity contribution in [2.45, 2.75) is 6.92 Å². The van der Waals surface area contributed by atoms with E-state index in [2.05, 4.69) is 0 Å². The number of carboxylic acids is 1. The van der Waals surface area contributed by atoms with E-state index in [4.69, 9.17) is 9.52 Å². The zero-order chi connectivity index (χ0) is 12.9. The third-order valence-corrected chi connectivity index (χ3v) is 3.90. The van der Waals surface area contributed by atoms with Crippen LogP contribution in [0.25, 0.3) is 21.1 Å². The Morgan fingerprint density at radius 2 is 2.06 bits per heavy atom. The van der Waals surface area contributed by atoms with Gasteiger partial charge in [-0.05, 0) is 25.1 Å². The van der Waals surface area contributed by atoms with Crippen molar-refractivity contribution in [3.8, 4) is 0 Å². The van der Waals surface area contributed by atoms with Crippen molar-refractivity contribution in [1.82, 2.24) is 0 Å². The van der Waals surface area contributed by atoms with E-state index in [0.29, 0.717) is 15.7 Å². The number of hydrogen-bond donors (Lipinski definition) is 1. The molecular formula is C13H8O4S. The standard InChI is InChI=1S/C13H8O4S/c1-6-2-3-9-7(4-6)11-8(13(16)17-9)5-10(18-11)12(14)15/h2-5H,1H3,(H,14,15). The number of fused-ring (bicyclic) bond motifs is 3. The van der Waals surface area contributed by atoms with Crippen LogP contribution >= 0.6 is 11.3 Å². The summed E-state index contributed by atoms with van der Waals surface area (Å²) in [6.07, 6.45) is 0. The summed E-state index contributed by atoms with van der Waals surface area (Å²) in [5.74, 6) is -1.03. The second kappa shape index (κ2) is 3.68. The van der Waals surface area contributed by atoms with Crippen LogP contribution in [-0.4, -0.2) is 11.1 Å². The number of carbonyl (C=O) groups is 1. The van der Waals surface area contributed by atoms with Gasteiger partial charge >= 0.3 is 11.6 Å². The van der Waals surface area contributed by atoms with E-state index in [-0.39, 0.29) is 4.88 Å². The van der Waals surface area contributed by atoms with E-state index in [1.54, 1.807) is 6.07 Å². The van der Waals surface area contributed by atoms with Crippen molar-refractivity contribution in [3.05, 3.63) is 45.1 Å². The highest BCUT2D eigenvalue weighted by atomic mass is 32.1. The van der Waals surface area contributed by atoms with E-state index in [1.165, 1.54) is 6.07 Å². The third-order valence-electron chi connectivity index (χ3n) is 2.75. The first-order chi connectivity index (χ1) is 8.56. The number of aromatic carboxylic acids is 1. The molecule has 1 N–H and O–H groups in total. The summed E-state index contributed by atoms with van der Waals surface area (Å²) in [6.45, 7) is 1.93. The summed E-state index contributed by atoms with van der Waals surface area (Å²) in [4.78, 5) is 22.9. The van der Waals surface area contributed by atoms with Crippen LogP contribution in [-0.2, 0) is 0 Å². The molecule has 2 aromatic heterocycles. The first-order valence-corrected chi connectivity index (χ1v) is 6.08. The Bertz CT molecular complexity index is 841. The molecule has 0 fully saturated rings. The van der Waals surface area contributed by atoms with Crippen LogP contribution in [0.4, 0.5) is 0 Å². The van der Waals surface area contributed by atoms with Gasteiger partial charge in [0.05, 0.1) is 10.1 Å². The van der Waals surface area contributed by atoms with Gasteiger partial charge in [-0.15, -0.1) is 11.3 Å². The molecule has 0 aliphatic rings. The molecule has 2 heterocycles. The topological polar surface area (TPSA) is 67.5 Å². The molecule has 0 spiro atoms. The van der Waals surface area contributed by atoms with Crippen molar-refractivity contribution >= 4 is 38.4 Å². The maximum absolute atomic E-state index is 11.8. The molecule has 0 aliphatic heterocycles. The van der Waals surface area contributed by atoms with Gasteiger partial charge in [-0.2, -0.15) is 0 Å². The van der Waals surface area contributed by atoms with Crippen LogP contribution in [0, 0.1) is 6.92 Å². The quantitative estimate of drug-likeness (QED) is 0.683. The summed E-state index contributed by atoms with van der Waals surface area (Å²) in [6, 6.07) is 6.84. The molecule has 0 unspecified atom stereocenters. The minimum atomic E-state index is -1.03. The molecule has 3 rings (SSSR count). The highest BCUT2D eigenvalue weighted by Gasteiger charge is 2.14. The Labute approximate surface area is 105 Å². The number of carboxylic acid groups (broad SMARTS) is 1. The van der Waals surface area contributed by atoms with E-state index in [9.17, 15) is 9.59 Å². The molecular weight excluding hydrogens is 252 g/mol. The minimum Gasteiger partial charge on any atom is -0.477 e. The molecule has 3 aromatic rings. The Morgan fingerprint density at radius 3 is 2.78 bits per heavy atom. The maximum atomic E-state index is 11.8. The van der Waals surface area contributed by atoms with Crippen molar-refractivity contribution in [2.24, 2.45) is 0 Å². The van der Waals surface area contributed by atoms with Crippen molar-refractivity contribution in [1.29, 1.82) is 0 Å². The number of benzene rings is 1. The number of aryl methyl sites for hydroxylation is 1. The summed E-state index contributed by atoms with van der Waals surface area (Å²) >= 11 is 1.10. The Hall–Kier alpha value is -2.14. The van der Waals surface area contributed by atoms with Gasteiger partial charge in [0.15, 0.2) is 0 Å². The second-order valence-electron chi connectivity index (χ2n) is 4.05. The lowest BCUT2D eigenvalue weighted by atomic mass is 10.1. The molecule has 0 bridgehead atoms. The fourth-order valence-electron chi connectivity index (χ4n) is 1.91. The lowest BCUT2D eigenvalue weighted by Crippen LogP contribution is -1.97. The van der Waals surface area contributed by atoms with Gasteiger partial charge in [0.25, 0.3) is 0 Å². The third kappa shape index (κ3) is 1.52. The normalized spacial score (nSPS) is 11.2. The highest BCUT2D eigenvalue weighted by Crippen LogP contribution is 2.30. The smallest absolute Gasteiger partial charge is 0.345 e. The average molecular weight is 260 g/mol. The second-order valence-corrected chi connectivity index (χ2v) is 5.10. The van der Waals surface area contributed by atoms with Gasteiger partial charge in [0.2, 0.25) is 0 Å². The van der Waals surface area contributed by atoms with Crippen molar-refractivity contribution in [3.63, 3.8) is 0 Å². The van der Waals surface area contributed by atoms with Gasteiger partial charge in [0, 0.05) is 5.39 Å². The van der Waals surface area contributed by atoms with Gasteiger partial charge in [-0.25, -0.2) is 9.59 Å². The lowest BCUT2D eigenvalue weighted by molar-refractivity contribution is 0.0702. The molecule has 5 heteroatoms. The van der Waals surface area contributed by atoms with E-state index >= 15 is 0 Å². The van der Waals surface area contributed by atoms with Gasteiger partial charge in [0.1, 0.15) is 10.5 Å². The molecule has 0 atom stereocenters. The first kappa shape index (κ1) is 11.0.